The molecule has 0 spiro atoms. The van der Waals surface area contributed by atoms with Crippen LogP contribution in [0.2, 0.25) is 0 Å². The minimum atomic E-state index is -0.214. The molecule has 0 aliphatic rings. The second-order valence-electron chi connectivity index (χ2n) is 5.72. The molecule has 1 amide bonds. The number of hydrogen-bond donors (Lipinski definition) is 2. The zero-order chi connectivity index (χ0) is 14.4. The van der Waals surface area contributed by atoms with Crippen LogP contribution in [0.15, 0.2) is 18.2 Å². The molecule has 1 aromatic carbocycles. The van der Waals surface area contributed by atoms with Crippen molar-refractivity contribution < 1.29 is 4.79 Å². The largest absolute Gasteiger partial charge is 0.374 e. The topological polar surface area (TPSA) is 41.1 Å². The first kappa shape index (κ1) is 15.5. The average molecular weight is 262 g/mol. The van der Waals surface area contributed by atoms with Gasteiger partial charge < -0.3 is 10.6 Å². The maximum Gasteiger partial charge on any atom is 0.242 e. The average Bonchev–Trinajstić information content (AvgIpc) is 2.26. The van der Waals surface area contributed by atoms with Gasteiger partial charge in [-0.2, -0.15) is 0 Å². The lowest BCUT2D eigenvalue weighted by Gasteiger charge is -2.16. The van der Waals surface area contributed by atoms with Crippen molar-refractivity contribution in [1.82, 2.24) is 5.32 Å². The van der Waals surface area contributed by atoms with E-state index in [-0.39, 0.29) is 11.9 Å². The van der Waals surface area contributed by atoms with Gasteiger partial charge in [-0.05, 0) is 56.4 Å². The second kappa shape index (κ2) is 7.17. The Balaban J connectivity index is 2.49. The molecule has 106 valence electrons. The van der Waals surface area contributed by atoms with Gasteiger partial charge in [0.1, 0.15) is 6.04 Å². The highest BCUT2D eigenvalue weighted by atomic mass is 16.2. The maximum atomic E-state index is 11.9. The van der Waals surface area contributed by atoms with Crippen LogP contribution in [0.3, 0.4) is 0 Å². The fourth-order valence-electron chi connectivity index (χ4n) is 2.01. The third-order valence-electron chi connectivity index (χ3n) is 3.02. The minimum absolute atomic E-state index is 0.0554. The standard InChI is InChI=1S/C16H26N2O/c1-11(2)6-7-17-16(19)14(5)18-15-9-12(3)8-13(4)10-15/h8-11,14,18H,6-7H2,1-5H3,(H,17,19). The van der Waals surface area contributed by atoms with E-state index in [0.29, 0.717) is 5.92 Å². The smallest absolute Gasteiger partial charge is 0.242 e. The molecule has 19 heavy (non-hydrogen) atoms. The van der Waals surface area contributed by atoms with Crippen molar-refractivity contribution in [3.05, 3.63) is 29.3 Å². The van der Waals surface area contributed by atoms with E-state index in [2.05, 4.69) is 56.5 Å². The van der Waals surface area contributed by atoms with Gasteiger partial charge in [0.05, 0.1) is 0 Å². The highest BCUT2D eigenvalue weighted by molar-refractivity contribution is 5.84. The summed E-state index contributed by atoms with van der Waals surface area (Å²) in [5, 5.41) is 6.21. The zero-order valence-electron chi connectivity index (χ0n) is 12.7. The Bertz CT molecular complexity index is 407. The van der Waals surface area contributed by atoms with Gasteiger partial charge in [-0.15, -0.1) is 0 Å². The van der Waals surface area contributed by atoms with Crippen molar-refractivity contribution in [2.24, 2.45) is 5.92 Å². The van der Waals surface area contributed by atoms with Crippen LogP contribution in [-0.4, -0.2) is 18.5 Å². The number of benzene rings is 1. The molecule has 0 heterocycles. The van der Waals surface area contributed by atoms with E-state index in [9.17, 15) is 4.79 Å². The second-order valence-corrected chi connectivity index (χ2v) is 5.72. The molecular formula is C16H26N2O. The fraction of sp³-hybridized carbons (Fsp3) is 0.562. The summed E-state index contributed by atoms with van der Waals surface area (Å²) < 4.78 is 0. The molecule has 1 unspecified atom stereocenters. The molecule has 0 radical (unpaired) electrons. The predicted molar refractivity (Wildman–Crippen MR) is 81.5 cm³/mol. The van der Waals surface area contributed by atoms with Gasteiger partial charge in [-0.3, -0.25) is 4.79 Å². The number of carbonyl (C=O) groups excluding carboxylic acids is 1. The molecule has 3 nitrogen and oxygen atoms in total. The molecular weight excluding hydrogens is 236 g/mol. The van der Waals surface area contributed by atoms with Gasteiger partial charge in [0.15, 0.2) is 0 Å². The summed E-state index contributed by atoms with van der Waals surface area (Å²) in [7, 11) is 0. The van der Waals surface area contributed by atoms with Crippen LogP contribution in [0, 0.1) is 19.8 Å². The van der Waals surface area contributed by atoms with Crippen LogP contribution in [0.4, 0.5) is 5.69 Å². The molecule has 0 saturated carbocycles. The van der Waals surface area contributed by atoms with Gasteiger partial charge in [-0.1, -0.05) is 19.9 Å². The Kier molecular flexibility index (Phi) is 5.87. The summed E-state index contributed by atoms with van der Waals surface area (Å²) in [5.41, 5.74) is 3.41. The van der Waals surface area contributed by atoms with Crippen LogP contribution in [0.25, 0.3) is 0 Å². The monoisotopic (exact) mass is 262 g/mol. The summed E-state index contributed by atoms with van der Waals surface area (Å²) in [5.74, 6) is 0.669. The first-order valence-corrected chi connectivity index (χ1v) is 7.01. The van der Waals surface area contributed by atoms with Gasteiger partial charge in [0.25, 0.3) is 0 Å². The molecule has 1 rings (SSSR count). The zero-order valence-corrected chi connectivity index (χ0v) is 12.7. The molecule has 1 aromatic rings. The van der Waals surface area contributed by atoms with Crippen molar-refractivity contribution in [3.8, 4) is 0 Å². The first-order valence-electron chi connectivity index (χ1n) is 7.01. The van der Waals surface area contributed by atoms with E-state index in [1.807, 2.05) is 6.92 Å². The highest BCUT2D eigenvalue weighted by Gasteiger charge is 2.12. The molecule has 0 aliphatic heterocycles. The number of rotatable bonds is 6. The summed E-state index contributed by atoms with van der Waals surface area (Å²) in [4.78, 5) is 11.9. The van der Waals surface area contributed by atoms with Crippen molar-refractivity contribution in [3.63, 3.8) is 0 Å². The minimum Gasteiger partial charge on any atom is -0.374 e. The maximum absolute atomic E-state index is 11.9. The van der Waals surface area contributed by atoms with E-state index in [1.165, 1.54) is 11.1 Å². The summed E-state index contributed by atoms with van der Waals surface area (Å²) in [6.07, 6.45) is 1.02. The molecule has 0 aliphatic carbocycles. The highest BCUT2D eigenvalue weighted by Crippen LogP contribution is 2.14. The molecule has 3 heteroatoms. The lowest BCUT2D eigenvalue weighted by Crippen LogP contribution is -2.38. The van der Waals surface area contributed by atoms with E-state index < -0.39 is 0 Å². The number of carbonyl (C=O) groups is 1. The van der Waals surface area contributed by atoms with Crippen LogP contribution in [0.1, 0.15) is 38.3 Å². The third-order valence-corrected chi connectivity index (χ3v) is 3.02. The Morgan fingerprint density at radius 1 is 1.11 bits per heavy atom. The summed E-state index contributed by atoms with van der Waals surface area (Å²) in [6, 6.07) is 6.03. The number of aryl methyl sites for hydroxylation is 2. The van der Waals surface area contributed by atoms with E-state index in [1.54, 1.807) is 0 Å². The number of nitrogens with one attached hydrogen (secondary N) is 2. The Hall–Kier alpha value is -1.51. The van der Waals surface area contributed by atoms with E-state index in [0.717, 1.165) is 18.7 Å². The number of hydrogen-bond acceptors (Lipinski definition) is 2. The van der Waals surface area contributed by atoms with Gasteiger partial charge >= 0.3 is 0 Å². The molecule has 0 fully saturated rings. The normalized spacial score (nSPS) is 12.3. The first-order chi connectivity index (χ1) is 8.88. The molecule has 2 N–H and O–H groups in total. The van der Waals surface area contributed by atoms with Gasteiger partial charge in [0.2, 0.25) is 5.91 Å². The third kappa shape index (κ3) is 5.77. The molecule has 1 atom stereocenters. The Morgan fingerprint density at radius 3 is 2.21 bits per heavy atom. The number of anilines is 1. The van der Waals surface area contributed by atoms with Crippen LogP contribution < -0.4 is 10.6 Å². The summed E-state index contributed by atoms with van der Waals surface area (Å²) in [6.45, 7) is 11.1. The Morgan fingerprint density at radius 2 is 1.68 bits per heavy atom. The van der Waals surface area contributed by atoms with Gasteiger partial charge in [0, 0.05) is 12.2 Å². The number of amides is 1. The van der Waals surface area contributed by atoms with Crippen molar-refractivity contribution in [2.75, 3.05) is 11.9 Å². The van der Waals surface area contributed by atoms with Gasteiger partial charge in [-0.25, -0.2) is 0 Å². The molecule has 0 saturated heterocycles. The van der Waals surface area contributed by atoms with E-state index in [4.69, 9.17) is 0 Å². The quantitative estimate of drug-likeness (QED) is 0.826. The van der Waals surface area contributed by atoms with Crippen molar-refractivity contribution in [1.29, 1.82) is 0 Å². The summed E-state index contributed by atoms with van der Waals surface area (Å²) >= 11 is 0. The predicted octanol–water partition coefficient (Wildman–Crippen LogP) is 3.27. The van der Waals surface area contributed by atoms with Crippen LogP contribution >= 0.6 is 0 Å². The fourth-order valence-corrected chi connectivity index (χ4v) is 2.01. The molecule has 0 bridgehead atoms. The Labute approximate surface area is 116 Å². The van der Waals surface area contributed by atoms with Crippen LogP contribution in [0.5, 0.6) is 0 Å². The lowest BCUT2D eigenvalue weighted by atomic mass is 10.1. The molecule has 0 aromatic heterocycles. The SMILES string of the molecule is Cc1cc(C)cc(NC(C)C(=O)NCCC(C)C)c1. The van der Waals surface area contributed by atoms with Crippen LogP contribution in [-0.2, 0) is 4.79 Å². The lowest BCUT2D eigenvalue weighted by molar-refractivity contribution is -0.121. The van der Waals surface area contributed by atoms with Crippen molar-refractivity contribution >= 4 is 11.6 Å². The van der Waals surface area contributed by atoms with Crippen molar-refractivity contribution in [2.45, 2.75) is 47.1 Å². The van der Waals surface area contributed by atoms with E-state index >= 15 is 0 Å².